The van der Waals surface area contributed by atoms with E-state index in [-0.39, 0.29) is 11.5 Å². The molecular formula is C19H22BrN3O5S. The number of methoxy groups -OCH3 is 1. The molecule has 0 fully saturated rings. The number of aryl methyl sites for hydroxylation is 2. The highest BCUT2D eigenvalue weighted by Crippen LogP contribution is 2.34. The molecule has 8 nitrogen and oxygen atoms in total. The zero-order valence-electron chi connectivity index (χ0n) is 16.4. The van der Waals surface area contributed by atoms with Crippen LogP contribution in [0.15, 0.2) is 39.9 Å². The number of phenolic OH excluding ortho intramolecular Hbond substituents is 1. The lowest BCUT2D eigenvalue weighted by atomic mass is 10.1. The van der Waals surface area contributed by atoms with Gasteiger partial charge in [-0.15, -0.1) is 0 Å². The highest BCUT2D eigenvalue weighted by Gasteiger charge is 2.23. The maximum atomic E-state index is 12.3. The Kier molecular flexibility index (Phi) is 7.26. The summed E-state index contributed by atoms with van der Waals surface area (Å²) in [5, 5.41) is 13.7. The molecule has 2 aromatic rings. The summed E-state index contributed by atoms with van der Waals surface area (Å²) < 4.78 is 31.1. The first-order chi connectivity index (χ1) is 13.5. The lowest BCUT2D eigenvalue weighted by Crippen LogP contribution is -2.39. The van der Waals surface area contributed by atoms with E-state index in [0.29, 0.717) is 15.7 Å². The van der Waals surface area contributed by atoms with Gasteiger partial charge < -0.3 is 9.84 Å². The zero-order chi connectivity index (χ0) is 21.8. The Morgan fingerprint density at radius 2 is 1.93 bits per heavy atom. The van der Waals surface area contributed by atoms with Crippen molar-refractivity contribution in [2.75, 3.05) is 24.2 Å². The van der Waals surface area contributed by atoms with Crippen molar-refractivity contribution in [3.63, 3.8) is 0 Å². The molecule has 1 amide bonds. The number of rotatable bonds is 7. The third kappa shape index (κ3) is 5.70. The number of carbonyl (C=O) groups excluding carboxylic acids is 1. The van der Waals surface area contributed by atoms with Gasteiger partial charge in [0, 0.05) is 0 Å². The van der Waals surface area contributed by atoms with Gasteiger partial charge in [-0.2, -0.15) is 5.10 Å². The van der Waals surface area contributed by atoms with Gasteiger partial charge >= 0.3 is 0 Å². The van der Waals surface area contributed by atoms with Crippen molar-refractivity contribution in [1.82, 2.24) is 5.43 Å². The number of nitrogens with zero attached hydrogens (tertiary/aromatic N) is 2. The van der Waals surface area contributed by atoms with E-state index in [4.69, 9.17) is 4.74 Å². The van der Waals surface area contributed by atoms with Crippen LogP contribution < -0.4 is 14.5 Å². The number of nitrogens with one attached hydrogen (secondary N) is 1. The Labute approximate surface area is 178 Å². The van der Waals surface area contributed by atoms with Gasteiger partial charge in [0.05, 0.1) is 29.7 Å². The molecule has 0 aromatic heterocycles. The van der Waals surface area contributed by atoms with E-state index >= 15 is 0 Å². The fraction of sp³-hybridized carbons (Fsp3) is 0.263. The molecule has 0 aliphatic carbocycles. The van der Waals surface area contributed by atoms with Crippen LogP contribution >= 0.6 is 15.9 Å². The predicted octanol–water partition coefficient (Wildman–Crippen LogP) is 2.70. The van der Waals surface area contributed by atoms with Crippen molar-refractivity contribution in [2.24, 2.45) is 5.10 Å². The quantitative estimate of drug-likeness (QED) is 0.464. The van der Waals surface area contributed by atoms with Crippen molar-refractivity contribution < 1.29 is 23.1 Å². The number of para-hydroxylation sites is 1. The minimum Gasteiger partial charge on any atom is -0.503 e. The molecule has 0 heterocycles. The molecule has 0 radical (unpaired) electrons. The summed E-state index contributed by atoms with van der Waals surface area (Å²) in [7, 11) is -2.27. The van der Waals surface area contributed by atoms with Crippen molar-refractivity contribution in [3.05, 3.63) is 51.5 Å². The summed E-state index contributed by atoms with van der Waals surface area (Å²) in [5.41, 5.74) is 4.84. The Hall–Kier alpha value is -2.59. The summed E-state index contributed by atoms with van der Waals surface area (Å²) >= 11 is 3.20. The maximum Gasteiger partial charge on any atom is 0.260 e. The summed E-state index contributed by atoms with van der Waals surface area (Å²) in [6.45, 7) is 3.16. The first kappa shape index (κ1) is 22.7. The van der Waals surface area contributed by atoms with E-state index in [0.717, 1.165) is 21.7 Å². The van der Waals surface area contributed by atoms with Crippen LogP contribution in [0.4, 0.5) is 5.69 Å². The minimum atomic E-state index is -3.68. The van der Waals surface area contributed by atoms with Crippen molar-refractivity contribution >= 4 is 43.8 Å². The number of hydrogen-bond acceptors (Lipinski definition) is 6. The predicted molar refractivity (Wildman–Crippen MR) is 116 cm³/mol. The highest BCUT2D eigenvalue weighted by atomic mass is 79.9. The highest BCUT2D eigenvalue weighted by molar-refractivity contribution is 9.10. The van der Waals surface area contributed by atoms with E-state index in [9.17, 15) is 18.3 Å². The molecule has 2 aromatic carbocycles. The molecular weight excluding hydrogens is 462 g/mol. The number of hydrazone groups is 1. The third-order valence-corrected chi connectivity index (χ3v) is 5.77. The van der Waals surface area contributed by atoms with Crippen LogP contribution in [0.25, 0.3) is 0 Å². The molecule has 2 N–H and O–H groups in total. The van der Waals surface area contributed by atoms with Gasteiger partial charge in [-0.05, 0) is 58.6 Å². The lowest BCUT2D eigenvalue weighted by molar-refractivity contribution is -0.119. The number of hydrogen-bond donors (Lipinski definition) is 2. The van der Waals surface area contributed by atoms with E-state index < -0.39 is 22.5 Å². The summed E-state index contributed by atoms with van der Waals surface area (Å²) in [6, 6.07) is 8.52. The molecule has 156 valence electrons. The molecule has 0 saturated heterocycles. The molecule has 0 bridgehead atoms. The second-order valence-electron chi connectivity index (χ2n) is 6.36. The van der Waals surface area contributed by atoms with Crippen molar-refractivity contribution in [3.8, 4) is 11.5 Å². The molecule has 10 heteroatoms. The van der Waals surface area contributed by atoms with Crippen LogP contribution in [0.3, 0.4) is 0 Å². The Bertz CT molecular complexity index is 1030. The lowest BCUT2D eigenvalue weighted by Gasteiger charge is -2.25. The first-order valence-electron chi connectivity index (χ1n) is 8.47. The Balaban J connectivity index is 2.18. The van der Waals surface area contributed by atoms with Gasteiger partial charge in [-0.1, -0.05) is 18.2 Å². The molecule has 2 rings (SSSR count). The standard InChI is InChI=1S/C19H22BrN3O5S/c1-12-6-5-7-13(2)18(12)23(29(4,26)27)11-17(24)22-21-10-14-8-15(20)19(25)16(9-14)28-3/h5-10,25H,11H2,1-4H3,(H,22,24)/b21-10+. The molecule has 0 aliphatic rings. The van der Waals surface area contributed by atoms with Gasteiger partial charge in [-0.3, -0.25) is 9.10 Å². The van der Waals surface area contributed by atoms with E-state index in [1.165, 1.54) is 19.4 Å². The summed E-state index contributed by atoms with van der Waals surface area (Å²) in [6.07, 6.45) is 2.41. The monoisotopic (exact) mass is 483 g/mol. The topological polar surface area (TPSA) is 108 Å². The van der Waals surface area contributed by atoms with Crippen LogP contribution in [0.1, 0.15) is 16.7 Å². The molecule has 0 spiro atoms. The first-order valence-corrected chi connectivity index (χ1v) is 11.1. The summed E-state index contributed by atoms with van der Waals surface area (Å²) in [4.78, 5) is 12.3. The normalized spacial score (nSPS) is 11.5. The van der Waals surface area contributed by atoms with E-state index in [2.05, 4.69) is 26.5 Å². The van der Waals surface area contributed by atoms with Crippen LogP contribution in [0.5, 0.6) is 11.5 Å². The Morgan fingerprint density at radius 3 is 2.48 bits per heavy atom. The Morgan fingerprint density at radius 1 is 1.31 bits per heavy atom. The van der Waals surface area contributed by atoms with Gasteiger partial charge in [0.1, 0.15) is 6.54 Å². The second-order valence-corrected chi connectivity index (χ2v) is 9.12. The minimum absolute atomic E-state index is 0.0499. The number of phenols is 1. The molecule has 0 saturated carbocycles. The van der Waals surface area contributed by atoms with Crippen molar-refractivity contribution in [2.45, 2.75) is 13.8 Å². The van der Waals surface area contributed by atoms with Crippen LogP contribution in [0.2, 0.25) is 0 Å². The number of ether oxygens (including phenoxy) is 1. The van der Waals surface area contributed by atoms with Gasteiger partial charge in [-0.25, -0.2) is 13.8 Å². The number of carbonyl (C=O) groups is 1. The molecule has 0 unspecified atom stereocenters. The van der Waals surface area contributed by atoms with Crippen LogP contribution in [-0.4, -0.2) is 45.6 Å². The van der Waals surface area contributed by atoms with Crippen LogP contribution in [0, 0.1) is 13.8 Å². The van der Waals surface area contributed by atoms with Gasteiger partial charge in [0.15, 0.2) is 11.5 Å². The average molecular weight is 484 g/mol. The van der Waals surface area contributed by atoms with Gasteiger partial charge in [0.2, 0.25) is 10.0 Å². The molecule has 0 aliphatic heterocycles. The zero-order valence-corrected chi connectivity index (χ0v) is 18.8. The van der Waals surface area contributed by atoms with Crippen LogP contribution in [-0.2, 0) is 14.8 Å². The number of sulfonamides is 1. The van der Waals surface area contributed by atoms with Crippen molar-refractivity contribution in [1.29, 1.82) is 0 Å². The smallest absolute Gasteiger partial charge is 0.260 e. The largest absolute Gasteiger partial charge is 0.503 e. The fourth-order valence-electron chi connectivity index (χ4n) is 2.73. The average Bonchev–Trinajstić information content (AvgIpc) is 2.62. The van der Waals surface area contributed by atoms with E-state index in [1.54, 1.807) is 32.0 Å². The SMILES string of the molecule is COc1cc(/C=N/NC(=O)CN(c2c(C)cccc2C)S(C)(=O)=O)cc(Br)c1O. The fourth-order valence-corrected chi connectivity index (χ4v) is 4.16. The molecule has 0 atom stereocenters. The van der Waals surface area contributed by atoms with Gasteiger partial charge in [0.25, 0.3) is 5.91 Å². The number of benzene rings is 2. The number of amides is 1. The maximum absolute atomic E-state index is 12.3. The number of aromatic hydroxyl groups is 1. The second kappa shape index (κ2) is 9.27. The molecule has 29 heavy (non-hydrogen) atoms. The number of halogens is 1. The third-order valence-electron chi connectivity index (χ3n) is 4.05. The summed E-state index contributed by atoms with van der Waals surface area (Å²) in [5.74, 6) is -0.407. The van der Waals surface area contributed by atoms with E-state index in [1.807, 2.05) is 6.07 Å². The number of anilines is 1.